The summed E-state index contributed by atoms with van der Waals surface area (Å²) in [6.45, 7) is 0. The molecular weight excluding hydrogens is 885 g/mol. The zero-order valence-electron chi connectivity index (χ0n) is 21.7. The molecule has 0 fully saturated rings. The number of aromatic nitrogens is 12. The molecule has 0 aliphatic heterocycles. The Bertz CT molecular complexity index is 2100. The van der Waals surface area contributed by atoms with Crippen LogP contribution in [0.25, 0.3) is 0 Å². The normalized spacial score (nSPS) is 9.64. The van der Waals surface area contributed by atoms with Crippen LogP contribution >= 0.6 is 106 Å². The van der Waals surface area contributed by atoms with E-state index in [1.807, 2.05) is 0 Å². The minimum atomic E-state index is -1.16. The topological polar surface area (TPSA) is 293 Å². The maximum absolute atomic E-state index is 10.8. The molecule has 0 aliphatic carbocycles. The van der Waals surface area contributed by atoms with Crippen LogP contribution in [0.2, 0.25) is 0 Å². The molecule has 0 atom stereocenters. The van der Waals surface area contributed by atoms with Gasteiger partial charge in [0.15, 0.2) is 0 Å². The van der Waals surface area contributed by atoms with Crippen molar-refractivity contribution in [1.29, 1.82) is 0 Å². The molecule has 4 heterocycles. The molecule has 0 unspecified atom stereocenters. The van der Waals surface area contributed by atoms with Gasteiger partial charge >= 0.3 is 115 Å². The van der Waals surface area contributed by atoms with Crippen molar-refractivity contribution in [1.82, 2.24) is 51.7 Å². The Morgan fingerprint density at radius 1 is 0.340 bits per heavy atom. The molecule has 0 radical (unpaired) electrons. The Labute approximate surface area is 359 Å². The van der Waals surface area contributed by atoms with Crippen molar-refractivity contribution >= 4 is 106 Å². The molecule has 4 aromatic rings. The summed E-state index contributed by atoms with van der Waals surface area (Å²) in [4.78, 5) is 134. The van der Waals surface area contributed by atoms with E-state index in [4.69, 9.17) is 106 Å². The summed E-state index contributed by atoms with van der Waals surface area (Å²) in [7, 11) is 0. The fourth-order valence-electron chi connectivity index (χ4n) is 1.74. The van der Waals surface area contributed by atoms with Crippen LogP contribution < -0.4 is 159 Å². The molecule has 0 spiro atoms. The third-order valence-corrected chi connectivity index (χ3v) is 6.26. The van der Waals surface area contributed by atoms with Gasteiger partial charge in [-0.15, -0.1) is 20.4 Å². The molecule has 4 aromatic heterocycles. The van der Waals surface area contributed by atoms with E-state index in [-0.39, 0.29) is 118 Å². The van der Waals surface area contributed by atoms with Crippen LogP contribution in [-0.2, 0) is 0 Å². The van der Waals surface area contributed by atoms with Crippen LogP contribution in [0.4, 0.5) is 0 Å². The Morgan fingerprint density at radius 2 is 0.511 bits per heavy atom. The summed E-state index contributed by atoms with van der Waals surface area (Å²) in [5.74, 6) is 0. The fraction of sp³-hybridized carbons (Fsp3) is 0. The Kier molecular flexibility index (Phi) is 21.0. The van der Waals surface area contributed by atoms with Gasteiger partial charge in [0.2, 0.25) is 34.1 Å². The third kappa shape index (κ3) is 12.0. The zero-order chi connectivity index (χ0) is 35.2. The van der Waals surface area contributed by atoms with E-state index in [0.29, 0.717) is 0 Å². The number of rotatable bonds is 0. The molecule has 24 nitrogen and oxygen atoms in total. The van der Waals surface area contributed by atoms with E-state index < -0.39 is 68.3 Å². The Morgan fingerprint density at radius 3 is 0.723 bits per heavy atom. The number of nitrogens with zero attached hydrogens (tertiary/aromatic N) is 11. The second kappa shape index (κ2) is 20.5. The van der Waals surface area contributed by atoms with E-state index >= 15 is 0 Å². The molecule has 0 aromatic carbocycles. The summed E-state index contributed by atoms with van der Waals surface area (Å²) >= 11 is 45.6. The van der Waals surface area contributed by atoms with Crippen molar-refractivity contribution in [2.75, 3.05) is 0 Å². The Balaban J connectivity index is 0. The third-order valence-electron chi connectivity index (χ3n) is 3.64. The van der Waals surface area contributed by atoms with Gasteiger partial charge in [-0.05, 0) is 0 Å². The van der Waals surface area contributed by atoms with E-state index in [2.05, 4.69) is 9.97 Å². The van der Waals surface area contributed by atoms with Crippen LogP contribution in [0.15, 0.2) is 57.5 Å². The quantitative estimate of drug-likeness (QED) is 0.161. The van der Waals surface area contributed by atoms with Crippen LogP contribution in [0.3, 0.4) is 0 Å². The molecule has 246 valence electrons. The molecule has 0 saturated carbocycles. The minimum absolute atomic E-state index is 0. The molecule has 0 bridgehead atoms. The standard InChI is InChI=1S/C3Cl3N3O3.3C3HCl2N3O3.K.Na/c4-7-1(10)8(5)3(12)9(6)2(7)11;3*4-7-1(9)6-2(10)8(5)3(7)11;;/h;3*(H,6,9,10);;/q;;;;2*+1/p-2. The van der Waals surface area contributed by atoms with Gasteiger partial charge in [-0.25, -0.2) is 45.1 Å². The first-order valence-corrected chi connectivity index (χ1v) is 12.4. The average molecular weight is 886 g/mol. The smallest absolute Gasteiger partial charge is 0.284 e. The molecular formula is C12HCl9KN12NaO12. The van der Waals surface area contributed by atoms with E-state index in [1.54, 1.807) is 4.98 Å². The Hall–Kier alpha value is -1.11. The van der Waals surface area contributed by atoms with Gasteiger partial charge in [0, 0.05) is 58.9 Å². The first kappa shape index (κ1) is 48.0. The summed E-state index contributed by atoms with van der Waals surface area (Å²) < 4.78 is 0.999. The first-order chi connectivity index (χ1) is 20.6. The number of aromatic amines is 1. The summed E-state index contributed by atoms with van der Waals surface area (Å²) in [6.07, 6.45) is 0. The predicted octanol–water partition coefficient (Wildman–Crippen LogP) is -11.5. The van der Waals surface area contributed by atoms with Crippen molar-refractivity contribution in [3.05, 3.63) is 126 Å². The van der Waals surface area contributed by atoms with Crippen molar-refractivity contribution in [2.24, 2.45) is 0 Å². The molecule has 4 rings (SSSR count). The average Bonchev–Trinajstić information content (AvgIpc) is 3.00. The number of halogens is 9. The SMILES string of the molecule is O=c1[n-]c(=O)n(Cl)c(=O)n1Cl.O=c1[n-]c(=O)n(Cl)c(=O)n1Cl.O=c1[nH]c(=O)n(Cl)c(=O)n1Cl.O=c1n(Cl)c(=O)n(Cl)c(=O)n1Cl.[K+].[Na+]. The number of hydrogen-bond donors (Lipinski definition) is 1. The van der Waals surface area contributed by atoms with Crippen molar-refractivity contribution in [3.63, 3.8) is 0 Å². The molecule has 47 heavy (non-hydrogen) atoms. The van der Waals surface area contributed by atoms with Crippen LogP contribution in [-0.4, -0.2) is 41.8 Å². The van der Waals surface area contributed by atoms with Gasteiger partial charge in [0.25, 0.3) is 0 Å². The van der Waals surface area contributed by atoms with E-state index in [9.17, 15) is 57.5 Å². The van der Waals surface area contributed by atoms with Gasteiger partial charge in [0.1, 0.15) is 0 Å². The van der Waals surface area contributed by atoms with Gasteiger partial charge in [0.05, 0.1) is 0 Å². The number of hydrogen-bond acceptors (Lipinski definition) is 12. The molecule has 0 aliphatic rings. The van der Waals surface area contributed by atoms with Crippen molar-refractivity contribution in [3.8, 4) is 0 Å². The van der Waals surface area contributed by atoms with Crippen molar-refractivity contribution in [2.45, 2.75) is 0 Å². The van der Waals surface area contributed by atoms with Gasteiger partial charge < -0.3 is 0 Å². The second-order valence-corrected chi connectivity index (χ2v) is 9.35. The number of H-pyrrole nitrogens is 1. The number of nitrogens with one attached hydrogen (secondary N) is 1. The summed E-state index contributed by atoms with van der Waals surface area (Å²) in [6, 6.07) is 0. The zero-order valence-corrected chi connectivity index (χ0v) is 33.6. The largest absolute Gasteiger partial charge is 1.00 e. The monoisotopic (exact) mass is 882 g/mol. The van der Waals surface area contributed by atoms with Gasteiger partial charge in [-0.2, -0.15) is 0 Å². The van der Waals surface area contributed by atoms with E-state index in [0.717, 1.165) is 0 Å². The molecule has 35 heteroatoms. The summed E-state index contributed by atoms with van der Waals surface area (Å²) in [5.41, 5.74) is -13.4. The second-order valence-electron chi connectivity index (χ2n) is 6.31. The molecule has 1 N–H and O–H groups in total. The maximum atomic E-state index is 10.8. The van der Waals surface area contributed by atoms with Crippen LogP contribution in [0.5, 0.6) is 0 Å². The molecule has 0 saturated heterocycles. The predicted molar refractivity (Wildman–Crippen MR) is 155 cm³/mol. The molecule has 0 amide bonds. The van der Waals surface area contributed by atoms with Crippen LogP contribution in [0.1, 0.15) is 0 Å². The minimum Gasteiger partial charge on any atom is -0.284 e. The van der Waals surface area contributed by atoms with E-state index in [1.165, 1.54) is 0 Å². The maximum Gasteiger partial charge on any atom is 1.00 e. The summed E-state index contributed by atoms with van der Waals surface area (Å²) in [5, 5.41) is 0. The van der Waals surface area contributed by atoms with Crippen LogP contribution in [0, 0.1) is 0 Å². The van der Waals surface area contributed by atoms with Crippen molar-refractivity contribution < 1.29 is 80.9 Å². The van der Waals surface area contributed by atoms with Gasteiger partial charge in [-0.1, -0.05) is 47.1 Å². The fourth-order valence-corrected chi connectivity index (χ4v) is 3.11. The van der Waals surface area contributed by atoms with Gasteiger partial charge in [-0.3, -0.25) is 43.7 Å². The first-order valence-electron chi connectivity index (χ1n) is 9.39.